The Balaban J connectivity index is 4.59. The lowest BCUT2D eigenvalue weighted by Gasteiger charge is -2.22. The minimum absolute atomic E-state index is 0.491. The second kappa shape index (κ2) is 6.33. The van der Waals surface area contributed by atoms with Crippen molar-refractivity contribution in [2.24, 2.45) is 5.92 Å². The first kappa shape index (κ1) is 15.6. The van der Waals surface area contributed by atoms with Crippen LogP contribution in [0, 0.1) is 5.92 Å². The molecule has 0 heterocycles. The molecule has 7 heteroatoms. The molecule has 0 aliphatic carbocycles. The Hall–Kier alpha value is -0.450. The Bertz CT molecular complexity index is 288. The highest BCUT2D eigenvalue weighted by Gasteiger charge is 2.34. The van der Waals surface area contributed by atoms with Gasteiger partial charge >= 0.3 is 5.97 Å². The predicted molar refractivity (Wildman–Crippen MR) is 63.6 cm³/mol. The van der Waals surface area contributed by atoms with Crippen LogP contribution in [-0.4, -0.2) is 28.8 Å². The van der Waals surface area contributed by atoms with E-state index in [0.717, 1.165) is 0 Å². The van der Waals surface area contributed by atoms with E-state index in [1.807, 2.05) is 0 Å². The molecule has 16 heavy (non-hydrogen) atoms. The molecule has 0 unspecified atom stereocenters. The van der Waals surface area contributed by atoms with E-state index < -0.39 is 27.6 Å². The summed E-state index contributed by atoms with van der Waals surface area (Å²) in [5.74, 6) is -1.92. The molecule has 0 spiro atoms. The lowest BCUT2D eigenvalue weighted by Crippen LogP contribution is -2.45. The zero-order valence-electron chi connectivity index (χ0n) is 8.80. The van der Waals surface area contributed by atoms with Crippen LogP contribution in [0.15, 0.2) is 12.7 Å². The first-order valence-electron chi connectivity index (χ1n) is 4.32. The molecular weight excluding hydrogens is 276 g/mol. The van der Waals surface area contributed by atoms with E-state index in [9.17, 15) is 9.59 Å². The molecule has 0 radical (unpaired) electrons. The van der Waals surface area contributed by atoms with E-state index >= 15 is 0 Å². The minimum Gasteiger partial charge on any atom is -0.469 e. The van der Waals surface area contributed by atoms with Gasteiger partial charge in [0.15, 0.2) is 0 Å². The van der Waals surface area contributed by atoms with Crippen molar-refractivity contribution >= 4 is 46.7 Å². The van der Waals surface area contributed by atoms with Gasteiger partial charge in [-0.3, -0.25) is 9.59 Å². The molecule has 0 bridgehead atoms. The smallest absolute Gasteiger partial charge is 0.310 e. The van der Waals surface area contributed by atoms with Gasteiger partial charge in [-0.05, 0) is 6.92 Å². The van der Waals surface area contributed by atoms with Crippen molar-refractivity contribution in [3.8, 4) is 0 Å². The standard InChI is InChI=1S/C9H12Cl3NO3/c1-4-6(5(2)7(14)16-3)13-8(15)9(10,11)12/h4-6H,1H2,2-3H3,(H,13,15)/t5-,6+/m0/s1. The number of carbonyl (C=O) groups excluding carboxylic acids is 2. The van der Waals surface area contributed by atoms with Crippen LogP contribution in [0.3, 0.4) is 0 Å². The summed E-state index contributed by atoms with van der Waals surface area (Å²) in [7, 11) is 1.25. The van der Waals surface area contributed by atoms with Crippen LogP contribution in [0.1, 0.15) is 6.92 Å². The highest BCUT2D eigenvalue weighted by molar-refractivity contribution is 6.76. The molecule has 2 atom stereocenters. The summed E-state index contributed by atoms with van der Waals surface area (Å²) in [5, 5.41) is 2.37. The Morgan fingerprint density at radius 1 is 1.44 bits per heavy atom. The van der Waals surface area contributed by atoms with Crippen LogP contribution in [-0.2, 0) is 14.3 Å². The molecule has 0 aromatic rings. The second-order valence-corrected chi connectivity index (χ2v) is 5.33. The van der Waals surface area contributed by atoms with Crippen molar-refractivity contribution in [2.75, 3.05) is 7.11 Å². The lowest BCUT2D eigenvalue weighted by atomic mass is 10.0. The number of alkyl halides is 3. The van der Waals surface area contributed by atoms with Gasteiger partial charge in [-0.15, -0.1) is 6.58 Å². The fourth-order valence-corrected chi connectivity index (χ4v) is 1.12. The number of esters is 1. The van der Waals surface area contributed by atoms with E-state index in [4.69, 9.17) is 34.8 Å². The third-order valence-corrected chi connectivity index (χ3v) is 2.44. The summed E-state index contributed by atoms with van der Waals surface area (Å²) in [6.45, 7) is 5.05. The van der Waals surface area contributed by atoms with Gasteiger partial charge in [0.1, 0.15) is 0 Å². The number of halogens is 3. The van der Waals surface area contributed by atoms with Crippen molar-refractivity contribution in [1.82, 2.24) is 5.32 Å². The first-order chi connectivity index (χ1) is 7.23. The molecule has 0 aromatic heterocycles. The van der Waals surface area contributed by atoms with E-state index in [2.05, 4.69) is 16.6 Å². The molecule has 0 aromatic carbocycles. The molecule has 0 saturated heterocycles. The van der Waals surface area contributed by atoms with Gasteiger partial charge in [0.05, 0.1) is 19.1 Å². The topological polar surface area (TPSA) is 55.4 Å². The number of rotatable bonds is 4. The third kappa shape index (κ3) is 4.60. The molecule has 4 nitrogen and oxygen atoms in total. The summed E-state index contributed by atoms with van der Waals surface area (Å²) in [6.07, 6.45) is 1.37. The number of carbonyl (C=O) groups is 2. The predicted octanol–water partition coefficient (Wildman–Crippen LogP) is 1.84. The van der Waals surface area contributed by atoms with Crippen molar-refractivity contribution in [1.29, 1.82) is 0 Å². The Kier molecular flexibility index (Phi) is 6.15. The first-order valence-corrected chi connectivity index (χ1v) is 5.45. The van der Waals surface area contributed by atoms with Crippen LogP contribution in [0.5, 0.6) is 0 Å². The average molecular weight is 289 g/mol. The summed E-state index contributed by atoms with van der Waals surface area (Å²) in [6, 6.07) is -0.657. The fourth-order valence-electron chi connectivity index (χ4n) is 0.954. The maximum absolute atomic E-state index is 11.3. The van der Waals surface area contributed by atoms with E-state index in [0.29, 0.717) is 0 Å². The zero-order valence-corrected chi connectivity index (χ0v) is 11.1. The number of nitrogens with one attached hydrogen (secondary N) is 1. The van der Waals surface area contributed by atoms with Crippen LogP contribution in [0.2, 0.25) is 0 Å². The molecule has 0 aliphatic rings. The number of hydrogen-bond acceptors (Lipinski definition) is 3. The van der Waals surface area contributed by atoms with E-state index in [1.54, 1.807) is 6.92 Å². The van der Waals surface area contributed by atoms with Crippen molar-refractivity contribution in [3.63, 3.8) is 0 Å². The minimum atomic E-state index is -2.07. The van der Waals surface area contributed by atoms with Crippen LogP contribution in [0.25, 0.3) is 0 Å². The monoisotopic (exact) mass is 287 g/mol. The highest BCUT2D eigenvalue weighted by atomic mass is 35.6. The fraction of sp³-hybridized carbons (Fsp3) is 0.556. The van der Waals surface area contributed by atoms with E-state index in [-0.39, 0.29) is 0 Å². The van der Waals surface area contributed by atoms with Crippen molar-refractivity contribution in [2.45, 2.75) is 16.8 Å². The van der Waals surface area contributed by atoms with Crippen LogP contribution < -0.4 is 5.32 Å². The molecule has 0 fully saturated rings. The molecule has 1 amide bonds. The number of amides is 1. The van der Waals surface area contributed by atoms with E-state index in [1.165, 1.54) is 13.2 Å². The quantitative estimate of drug-likeness (QED) is 0.488. The molecule has 0 aliphatic heterocycles. The number of ether oxygens (including phenoxy) is 1. The average Bonchev–Trinajstić information content (AvgIpc) is 2.21. The van der Waals surface area contributed by atoms with Gasteiger partial charge in [0.2, 0.25) is 0 Å². The normalized spacial score (nSPS) is 14.8. The maximum Gasteiger partial charge on any atom is 0.310 e. The van der Waals surface area contributed by atoms with Gasteiger partial charge in [-0.1, -0.05) is 40.9 Å². The molecule has 1 N–H and O–H groups in total. The summed E-state index contributed by atoms with van der Waals surface area (Å²) in [5.41, 5.74) is 0. The maximum atomic E-state index is 11.3. The second-order valence-electron chi connectivity index (χ2n) is 3.04. The Morgan fingerprint density at radius 2 is 1.94 bits per heavy atom. The van der Waals surface area contributed by atoms with Gasteiger partial charge in [0, 0.05) is 0 Å². The van der Waals surface area contributed by atoms with Gasteiger partial charge < -0.3 is 10.1 Å². The Morgan fingerprint density at radius 3 is 2.25 bits per heavy atom. The highest BCUT2D eigenvalue weighted by Crippen LogP contribution is 2.26. The number of hydrogen-bond donors (Lipinski definition) is 1. The van der Waals surface area contributed by atoms with Crippen molar-refractivity contribution in [3.05, 3.63) is 12.7 Å². The SMILES string of the molecule is C=C[C@@H](NC(=O)C(Cl)(Cl)Cl)[C@H](C)C(=O)OC. The van der Waals surface area contributed by atoms with Crippen LogP contribution >= 0.6 is 34.8 Å². The summed E-state index contributed by atoms with van der Waals surface area (Å²) < 4.78 is 2.45. The summed E-state index contributed by atoms with van der Waals surface area (Å²) >= 11 is 16.1. The van der Waals surface area contributed by atoms with Crippen LogP contribution in [0.4, 0.5) is 0 Å². The zero-order chi connectivity index (χ0) is 12.9. The molecule has 0 rings (SSSR count). The molecule has 0 saturated carbocycles. The summed E-state index contributed by atoms with van der Waals surface area (Å²) in [4.78, 5) is 22.6. The van der Waals surface area contributed by atoms with Gasteiger partial charge in [0.25, 0.3) is 9.70 Å². The van der Waals surface area contributed by atoms with Crippen molar-refractivity contribution < 1.29 is 14.3 Å². The molecule has 92 valence electrons. The van der Waals surface area contributed by atoms with Gasteiger partial charge in [-0.2, -0.15) is 0 Å². The molecular formula is C9H12Cl3NO3. The Labute approximate surface area is 109 Å². The number of methoxy groups -OCH3 is 1. The van der Waals surface area contributed by atoms with Gasteiger partial charge in [-0.25, -0.2) is 0 Å². The lowest BCUT2D eigenvalue weighted by molar-refractivity contribution is -0.145. The largest absolute Gasteiger partial charge is 0.469 e. The third-order valence-electron chi connectivity index (χ3n) is 1.92.